The van der Waals surface area contributed by atoms with Crippen LogP contribution in [0, 0.1) is 0 Å². The van der Waals surface area contributed by atoms with Gasteiger partial charge in [0.1, 0.15) is 11.5 Å². The molecular weight excluding hydrogens is 714 g/mol. The van der Waals surface area contributed by atoms with Gasteiger partial charge in [-0.1, -0.05) is 170 Å². The molecule has 0 amide bonds. The summed E-state index contributed by atoms with van der Waals surface area (Å²) in [6.07, 6.45) is 0. The Labute approximate surface area is 330 Å². The van der Waals surface area contributed by atoms with Crippen molar-refractivity contribution in [2.75, 3.05) is 0 Å². The van der Waals surface area contributed by atoms with Crippen LogP contribution < -0.4 is 20.7 Å². The maximum absolute atomic E-state index is 15.4. The highest BCUT2D eigenvalue weighted by Crippen LogP contribution is 2.63. The molecule has 1 aliphatic carbocycles. The van der Waals surface area contributed by atoms with Crippen LogP contribution in [-0.2, 0) is 9.98 Å². The number of hydrogen-bond donors (Lipinski definition) is 0. The molecule has 0 fully saturated rings. The van der Waals surface area contributed by atoms with Crippen LogP contribution in [0.15, 0.2) is 206 Å². The molecule has 0 saturated heterocycles. The van der Waals surface area contributed by atoms with Crippen molar-refractivity contribution in [1.82, 2.24) is 4.57 Å². The third-order valence-electron chi connectivity index (χ3n) is 12.3. The summed E-state index contributed by atoms with van der Waals surface area (Å²) in [5, 5.41) is 6.96. The van der Waals surface area contributed by atoms with Gasteiger partial charge in [-0.15, -0.1) is 0 Å². The van der Waals surface area contributed by atoms with E-state index in [0.29, 0.717) is 0 Å². The van der Waals surface area contributed by atoms with Crippen molar-refractivity contribution in [2.45, 2.75) is 5.41 Å². The Morgan fingerprint density at radius 1 is 0.439 bits per heavy atom. The lowest BCUT2D eigenvalue weighted by molar-refractivity contribution is 0.442. The Morgan fingerprint density at radius 3 is 1.68 bits per heavy atom. The largest absolute Gasteiger partial charge is 0.456 e. The molecule has 0 atom stereocenters. The molecule has 1 spiro atoms. The fraction of sp³-hybridized carbons (Fsp3) is 0.0189. The van der Waals surface area contributed by atoms with Crippen molar-refractivity contribution in [2.24, 2.45) is 0 Å². The lowest BCUT2D eigenvalue weighted by Gasteiger charge is -2.39. The molecule has 10 aromatic rings. The second-order valence-electron chi connectivity index (χ2n) is 15.1. The molecule has 1 aromatic heterocycles. The molecule has 0 bridgehead atoms. The molecule has 57 heavy (non-hydrogen) atoms. The first-order valence-electron chi connectivity index (χ1n) is 19.5. The minimum atomic E-state index is -3.15. The fourth-order valence-electron chi connectivity index (χ4n) is 9.98. The second-order valence-corrected chi connectivity index (χ2v) is 17.9. The van der Waals surface area contributed by atoms with Gasteiger partial charge in [0.15, 0.2) is 7.14 Å². The van der Waals surface area contributed by atoms with Gasteiger partial charge in [-0.25, -0.2) is 0 Å². The van der Waals surface area contributed by atoms with Gasteiger partial charge in [0.05, 0.1) is 21.8 Å². The average Bonchev–Trinajstić information content (AvgIpc) is 3.78. The Hall–Kier alpha value is -6.93. The summed E-state index contributed by atoms with van der Waals surface area (Å²) in [4.78, 5) is 0. The van der Waals surface area contributed by atoms with Gasteiger partial charge in [-0.05, 0) is 64.0 Å². The van der Waals surface area contributed by atoms with Gasteiger partial charge in [0.2, 0.25) is 0 Å². The SMILES string of the molecule is O=P(c1ccccc1)(c1ccccc1)c1ccc(-n2c3ccc4c(c3c3ccc5ccccc5c32)Oc2ccccc2C42c3ccccc3-c3ccccc32)cc1. The maximum Gasteiger partial charge on any atom is 0.171 e. The van der Waals surface area contributed by atoms with Gasteiger partial charge in [0, 0.05) is 43.5 Å². The molecule has 0 saturated carbocycles. The van der Waals surface area contributed by atoms with Crippen molar-refractivity contribution < 1.29 is 9.30 Å². The summed E-state index contributed by atoms with van der Waals surface area (Å²) in [7, 11) is -3.15. The average molecular weight is 748 g/mol. The normalized spacial score (nSPS) is 13.6. The Morgan fingerprint density at radius 2 is 1.00 bits per heavy atom. The number of para-hydroxylation sites is 1. The first-order valence-corrected chi connectivity index (χ1v) is 21.2. The molecule has 1 aliphatic heterocycles. The van der Waals surface area contributed by atoms with Gasteiger partial charge in [-0.2, -0.15) is 0 Å². The van der Waals surface area contributed by atoms with Crippen molar-refractivity contribution in [3.8, 4) is 28.3 Å². The highest BCUT2D eigenvalue weighted by Gasteiger charge is 2.51. The van der Waals surface area contributed by atoms with Crippen molar-refractivity contribution >= 4 is 55.6 Å². The smallest absolute Gasteiger partial charge is 0.171 e. The van der Waals surface area contributed by atoms with Crippen LogP contribution in [-0.4, -0.2) is 4.57 Å². The van der Waals surface area contributed by atoms with Gasteiger partial charge in [-0.3, -0.25) is 0 Å². The Kier molecular flexibility index (Phi) is 6.82. The molecule has 4 heteroatoms. The highest BCUT2D eigenvalue weighted by molar-refractivity contribution is 7.85. The number of ether oxygens (including phenoxy) is 1. The predicted molar refractivity (Wildman–Crippen MR) is 235 cm³/mol. The molecule has 0 radical (unpaired) electrons. The standard InChI is InChI=1S/C53H34NO2P/c55-57(37-16-3-1-4-17-37,38-18-5-2-6-19-38)39-30-28-36(29-31-39)54-48-34-33-47-52(50(48)43-32-27-35-15-7-8-20-40(35)51(43)54)56-49-26-14-13-25-46(49)53(47)44-23-11-9-21-41(44)42-22-10-12-24-45(42)53/h1-34H. The summed E-state index contributed by atoms with van der Waals surface area (Å²) in [5.74, 6) is 1.75. The molecule has 268 valence electrons. The molecule has 12 rings (SSSR count). The molecule has 0 N–H and O–H groups in total. The molecule has 2 aliphatic rings. The van der Waals surface area contributed by atoms with Crippen molar-refractivity contribution in [3.63, 3.8) is 0 Å². The molecule has 3 nitrogen and oxygen atoms in total. The van der Waals surface area contributed by atoms with Crippen molar-refractivity contribution in [1.29, 1.82) is 0 Å². The van der Waals surface area contributed by atoms with E-state index in [1.54, 1.807) is 0 Å². The lowest BCUT2D eigenvalue weighted by atomic mass is 9.66. The fourth-order valence-corrected chi connectivity index (χ4v) is 12.6. The zero-order chi connectivity index (χ0) is 37.7. The number of hydrogen-bond acceptors (Lipinski definition) is 2. The maximum atomic E-state index is 15.4. The van der Waals surface area contributed by atoms with Gasteiger partial charge < -0.3 is 13.9 Å². The summed E-state index contributed by atoms with van der Waals surface area (Å²) < 4.78 is 24.9. The first kappa shape index (κ1) is 32.3. The van der Waals surface area contributed by atoms with Crippen LogP contribution in [0.25, 0.3) is 49.4 Å². The second kappa shape index (κ2) is 12.0. The topological polar surface area (TPSA) is 31.2 Å². The van der Waals surface area contributed by atoms with E-state index in [0.717, 1.165) is 71.4 Å². The summed E-state index contributed by atoms with van der Waals surface area (Å²) in [6, 6.07) is 72.1. The number of nitrogens with zero attached hydrogens (tertiary/aromatic N) is 1. The van der Waals surface area contributed by atoms with E-state index >= 15 is 4.57 Å². The molecular formula is C53H34NO2P. The lowest BCUT2D eigenvalue weighted by Crippen LogP contribution is -2.32. The number of aromatic nitrogens is 1. The third kappa shape index (κ3) is 4.30. The molecule has 0 unspecified atom stereocenters. The van der Waals surface area contributed by atoms with Crippen LogP contribution in [0.1, 0.15) is 22.3 Å². The highest BCUT2D eigenvalue weighted by atomic mass is 31.2. The summed E-state index contributed by atoms with van der Waals surface area (Å²) in [6.45, 7) is 0. The van der Waals surface area contributed by atoms with Crippen LogP contribution in [0.2, 0.25) is 0 Å². The van der Waals surface area contributed by atoms with E-state index in [1.807, 2.05) is 60.7 Å². The van der Waals surface area contributed by atoms with Crippen LogP contribution >= 0.6 is 7.14 Å². The third-order valence-corrected chi connectivity index (χ3v) is 15.4. The van der Waals surface area contributed by atoms with Crippen molar-refractivity contribution in [3.05, 3.63) is 229 Å². The van der Waals surface area contributed by atoms with Crippen LogP contribution in [0.4, 0.5) is 0 Å². The number of rotatable bonds is 4. The minimum absolute atomic E-state index is 0.561. The number of benzene rings is 9. The quantitative estimate of drug-likeness (QED) is 0.168. The monoisotopic (exact) mass is 747 g/mol. The summed E-state index contributed by atoms with van der Waals surface area (Å²) >= 11 is 0. The number of fused-ring (bicyclic) bond motifs is 15. The van der Waals surface area contributed by atoms with E-state index in [1.165, 1.54) is 27.6 Å². The van der Waals surface area contributed by atoms with Gasteiger partial charge >= 0.3 is 0 Å². The zero-order valence-corrected chi connectivity index (χ0v) is 31.7. The Bertz CT molecular complexity index is 3200. The van der Waals surface area contributed by atoms with E-state index in [4.69, 9.17) is 4.74 Å². The van der Waals surface area contributed by atoms with E-state index in [9.17, 15) is 0 Å². The first-order chi connectivity index (χ1) is 28.2. The molecule has 9 aromatic carbocycles. The Balaban J connectivity index is 1.15. The zero-order valence-electron chi connectivity index (χ0n) is 30.8. The van der Waals surface area contributed by atoms with E-state index in [-0.39, 0.29) is 0 Å². The van der Waals surface area contributed by atoms with Gasteiger partial charge in [0.25, 0.3) is 0 Å². The summed E-state index contributed by atoms with van der Waals surface area (Å²) in [5.41, 5.74) is 9.95. The van der Waals surface area contributed by atoms with E-state index in [2.05, 4.69) is 150 Å². The van der Waals surface area contributed by atoms with Crippen LogP contribution in [0.5, 0.6) is 11.5 Å². The van der Waals surface area contributed by atoms with E-state index < -0.39 is 12.6 Å². The molecule has 2 heterocycles. The van der Waals surface area contributed by atoms with Crippen LogP contribution in [0.3, 0.4) is 0 Å². The predicted octanol–water partition coefficient (Wildman–Crippen LogP) is 12.0. The minimum Gasteiger partial charge on any atom is -0.456 e.